The molecule has 1 aliphatic heterocycles. The van der Waals surface area contributed by atoms with Crippen molar-refractivity contribution in [1.82, 2.24) is 4.98 Å². The van der Waals surface area contributed by atoms with E-state index < -0.39 is 5.95 Å². The second kappa shape index (κ2) is 7.41. The quantitative estimate of drug-likeness (QED) is 0.616. The van der Waals surface area contributed by atoms with Gasteiger partial charge in [-0.25, -0.2) is 4.98 Å². The highest BCUT2D eigenvalue weighted by molar-refractivity contribution is 6.31. The Labute approximate surface area is 166 Å². The molecule has 0 bridgehead atoms. The van der Waals surface area contributed by atoms with Gasteiger partial charge in [-0.1, -0.05) is 29.8 Å². The van der Waals surface area contributed by atoms with Crippen LogP contribution in [-0.2, 0) is 17.6 Å². The Bertz CT molecular complexity index is 1120. The molecule has 138 valence electrons. The van der Waals surface area contributed by atoms with E-state index in [2.05, 4.69) is 11.1 Å². The molecular weight excluding hydrogens is 377 g/mol. The van der Waals surface area contributed by atoms with Gasteiger partial charge < -0.3 is 4.90 Å². The Morgan fingerprint density at radius 1 is 1.21 bits per heavy atom. The molecule has 4 nitrogen and oxygen atoms in total. The van der Waals surface area contributed by atoms with Crippen molar-refractivity contribution in [2.75, 3.05) is 11.4 Å². The highest BCUT2D eigenvalue weighted by atomic mass is 35.5. The predicted octanol–water partition coefficient (Wildman–Crippen LogP) is 4.54. The van der Waals surface area contributed by atoms with E-state index in [1.165, 1.54) is 12.3 Å². The van der Waals surface area contributed by atoms with Crippen LogP contribution in [0.25, 0.3) is 11.1 Å². The molecule has 4 rings (SSSR count). The maximum Gasteiger partial charge on any atom is 0.231 e. The summed E-state index contributed by atoms with van der Waals surface area (Å²) in [4.78, 5) is 18.1. The lowest BCUT2D eigenvalue weighted by atomic mass is 9.98. The van der Waals surface area contributed by atoms with E-state index in [-0.39, 0.29) is 12.3 Å². The van der Waals surface area contributed by atoms with Crippen LogP contribution in [0.3, 0.4) is 0 Å². The fourth-order valence-corrected chi connectivity index (χ4v) is 3.73. The number of aromatic nitrogens is 1. The fourth-order valence-electron chi connectivity index (χ4n) is 3.53. The van der Waals surface area contributed by atoms with Crippen molar-refractivity contribution in [3.05, 3.63) is 82.4 Å². The normalized spacial score (nSPS) is 12.5. The van der Waals surface area contributed by atoms with Gasteiger partial charge in [-0.3, -0.25) is 4.79 Å². The SMILES string of the molecule is N#Cc1cc(-c2ccnc(F)c2)cc2c1N(C(=O)Cc1ccccc1Cl)CC2. The Kier molecular flexibility index (Phi) is 4.81. The van der Waals surface area contributed by atoms with Crippen molar-refractivity contribution < 1.29 is 9.18 Å². The van der Waals surface area contributed by atoms with Gasteiger partial charge in [0.1, 0.15) is 6.07 Å². The first-order valence-electron chi connectivity index (χ1n) is 8.79. The number of anilines is 1. The maximum absolute atomic E-state index is 13.5. The Hall–Kier alpha value is -3.23. The van der Waals surface area contributed by atoms with Gasteiger partial charge in [0.05, 0.1) is 17.7 Å². The van der Waals surface area contributed by atoms with Gasteiger partial charge in [0.25, 0.3) is 0 Å². The van der Waals surface area contributed by atoms with E-state index in [1.807, 2.05) is 24.3 Å². The molecule has 0 unspecified atom stereocenters. The largest absolute Gasteiger partial charge is 0.310 e. The zero-order valence-electron chi connectivity index (χ0n) is 14.8. The third-order valence-corrected chi connectivity index (χ3v) is 5.21. The van der Waals surface area contributed by atoms with Crippen LogP contribution in [0.15, 0.2) is 54.7 Å². The molecule has 6 heteroatoms. The minimum absolute atomic E-state index is 0.106. The van der Waals surface area contributed by atoms with Crippen LogP contribution in [0.5, 0.6) is 0 Å². The lowest BCUT2D eigenvalue weighted by Gasteiger charge is -2.19. The second-order valence-electron chi connectivity index (χ2n) is 6.57. The summed E-state index contributed by atoms with van der Waals surface area (Å²) in [5.74, 6) is -0.681. The van der Waals surface area contributed by atoms with Gasteiger partial charge in [0, 0.05) is 23.8 Å². The first-order valence-corrected chi connectivity index (χ1v) is 9.17. The molecular formula is C22H15ClFN3O. The smallest absolute Gasteiger partial charge is 0.231 e. The standard InChI is InChI=1S/C22H15ClFN3O/c23-19-4-2-1-3-15(19)12-21(28)27-8-6-16-9-17(10-18(13-25)22(16)27)14-5-7-26-20(24)11-14/h1-5,7,9-11H,6,8,12H2. The first-order chi connectivity index (χ1) is 13.6. The summed E-state index contributed by atoms with van der Waals surface area (Å²) < 4.78 is 13.5. The van der Waals surface area contributed by atoms with Gasteiger partial charge >= 0.3 is 0 Å². The summed E-state index contributed by atoms with van der Waals surface area (Å²) in [6, 6.07) is 16.0. The zero-order valence-corrected chi connectivity index (χ0v) is 15.6. The van der Waals surface area contributed by atoms with Gasteiger partial charge in [0.2, 0.25) is 11.9 Å². The third-order valence-electron chi connectivity index (χ3n) is 4.84. The van der Waals surface area contributed by atoms with Gasteiger partial charge in [-0.15, -0.1) is 0 Å². The monoisotopic (exact) mass is 391 g/mol. The van der Waals surface area contributed by atoms with E-state index in [1.54, 1.807) is 23.1 Å². The molecule has 0 N–H and O–H groups in total. The zero-order chi connectivity index (χ0) is 19.7. The van der Waals surface area contributed by atoms with Gasteiger partial charge in [-0.2, -0.15) is 9.65 Å². The lowest BCUT2D eigenvalue weighted by molar-refractivity contribution is -0.117. The summed E-state index contributed by atoms with van der Waals surface area (Å²) in [6.45, 7) is 0.501. The summed E-state index contributed by atoms with van der Waals surface area (Å²) in [7, 11) is 0. The van der Waals surface area contributed by atoms with Crippen molar-refractivity contribution in [3.8, 4) is 17.2 Å². The van der Waals surface area contributed by atoms with Crippen molar-refractivity contribution in [2.24, 2.45) is 0 Å². The van der Waals surface area contributed by atoms with E-state index in [4.69, 9.17) is 11.6 Å². The minimum Gasteiger partial charge on any atom is -0.310 e. The highest BCUT2D eigenvalue weighted by Crippen LogP contribution is 2.36. The first kappa shape index (κ1) is 18.1. The highest BCUT2D eigenvalue weighted by Gasteiger charge is 2.28. The predicted molar refractivity (Wildman–Crippen MR) is 106 cm³/mol. The second-order valence-corrected chi connectivity index (χ2v) is 6.98. The number of pyridine rings is 1. The number of fused-ring (bicyclic) bond motifs is 1. The van der Waals surface area contributed by atoms with Crippen LogP contribution in [0.4, 0.5) is 10.1 Å². The van der Waals surface area contributed by atoms with Gasteiger partial charge in [0.15, 0.2) is 0 Å². The number of rotatable bonds is 3. The number of carbonyl (C=O) groups excluding carboxylic acids is 1. The average Bonchev–Trinajstić information content (AvgIpc) is 3.13. The van der Waals surface area contributed by atoms with Crippen molar-refractivity contribution in [2.45, 2.75) is 12.8 Å². The average molecular weight is 392 g/mol. The van der Waals surface area contributed by atoms with Crippen LogP contribution in [0.1, 0.15) is 16.7 Å². The van der Waals surface area contributed by atoms with E-state index in [9.17, 15) is 14.4 Å². The summed E-state index contributed by atoms with van der Waals surface area (Å²) in [5.41, 5.74) is 4.07. The van der Waals surface area contributed by atoms with Crippen LogP contribution in [0, 0.1) is 17.3 Å². The number of hydrogen-bond acceptors (Lipinski definition) is 3. The molecule has 2 heterocycles. The molecule has 0 fully saturated rings. The number of benzene rings is 2. The molecule has 1 amide bonds. The van der Waals surface area contributed by atoms with Crippen LogP contribution >= 0.6 is 11.6 Å². The number of nitrogens with zero attached hydrogens (tertiary/aromatic N) is 3. The Balaban J connectivity index is 1.69. The molecule has 1 aromatic heterocycles. The molecule has 1 aliphatic rings. The van der Waals surface area contributed by atoms with Gasteiger partial charge in [-0.05, 0) is 52.9 Å². The molecule has 0 saturated heterocycles. The topological polar surface area (TPSA) is 57.0 Å². The van der Waals surface area contributed by atoms with Crippen LogP contribution in [0.2, 0.25) is 5.02 Å². The van der Waals surface area contributed by atoms with Crippen LogP contribution < -0.4 is 4.90 Å². The Morgan fingerprint density at radius 2 is 2.04 bits per heavy atom. The molecule has 0 radical (unpaired) electrons. The number of hydrogen-bond donors (Lipinski definition) is 0. The lowest BCUT2D eigenvalue weighted by Crippen LogP contribution is -2.31. The molecule has 3 aromatic rings. The maximum atomic E-state index is 13.5. The third kappa shape index (κ3) is 3.35. The summed E-state index contributed by atoms with van der Waals surface area (Å²) in [5, 5.41) is 10.2. The fraction of sp³-hybridized carbons (Fsp3) is 0.136. The minimum atomic E-state index is -0.576. The number of carbonyl (C=O) groups is 1. The summed E-state index contributed by atoms with van der Waals surface area (Å²) >= 11 is 6.18. The Morgan fingerprint density at radius 3 is 2.79 bits per heavy atom. The van der Waals surface area contributed by atoms with Crippen LogP contribution in [-0.4, -0.2) is 17.4 Å². The molecule has 0 saturated carbocycles. The van der Waals surface area contributed by atoms with E-state index in [0.29, 0.717) is 34.8 Å². The van der Waals surface area contributed by atoms with E-state index >= 15 is 0 Å². The molecule has 2 aromatic carbocycles. The molecule has 0 spiro atoms. The molecule has 0 aliphatic carbocycles. The number of amides is 1. The van der Waals surface area contributed by atoms with Crippen molar-refractivity contribution in [1.29, 1.82) is 5.26 Å². The number of halogens is 2. The summed E-state index contributed by atoms with van der Waals surface area (Å²) in [6.07, 6.45) is 2.20. The molecule has 28 heavy (non-hydrogen) atoms. The van der Waals surface area contributed by atoms with Crippen molar-refractivity contribution in [3.63, 3.8) is 0 Å². The number of nitriles is 1. The van der Waals surface area contributed by atoms with E-state index in [0.717, 1.165) is 16.7 Å². The molecule has 0 atom stereocenters. The van der Waals surface area contributed by atoms with Crippen molar-refractivity contribution >= 4 is 23.2 Å².